The standard InChI is InChI=1S/C28H34N4O5/c1-31(2)15-20-7-8-22-23(16-32(28(22)35)24-9-10-25(33)30-27(24)34)26(20)37-17-19-5-3-18(4-6-19)13-21-14-29-11-12-36-21/h3-8,21,24,29H,9-17H2,1-2H3,(H,30,33,34)/t21?,24-/m0/s1. The molecule has 0 aromatic heterocycles. The number of benzene rings is 2. The minimum absolute atomic E-state index is 0.196. The number of carbonyl (C=O) groups excluding carboxylic acids is 3. The maximum Gasteiger partial charge on any atom is 0.255 e. The molecule has 2 fully saturated rings. The molecule has 3 aliphatic rings. The SMILES string of the molecule is CN(C)Cc1ccc2c(c1OCc1ccc(CC3CNCCO3)cc1)CN([C@H]1CCC(=O)NC1=O)C2=O. The first-order valence-electron chi connectivity index (χ1n) is 12.9. The molecule has 37 heavy (non-hydrogen) atoms. The van der Waals surface area contributed by atoms with Crippen LogP contribution in [0, 0.1) is 0 Å². The number of nitrogens with one attached hydrogen (secondary N) is 2. The normalized spacial score (nSPS) is 21.8. The summed E-state index contributed by atoms with van der Waals surface area (Å²) in [6, 6.07) is 11.5. The van der Waals surface area contributed by atoms with Crippen molar-refractivity contribution in [1.82, 2.24) is 20.4 Å². The zero-order chi connectivity index (χ0) is 25.9. The first-order chi connectivity index (χ1) is 17.9. The van der Waals surface area contributed by atoms with E-state index in [1.54, 1.807) is 4.90 Å². The number of hydrogen-bond acceptors (Lipinski definition) is 7. The number of piperidine rings is 1. The molecular weight excluding hydrogens is 472 g/mol. The van der Waals surface area contributed by atoms with Gasteiger partial charge in [-0.25, -0.2) is 0 Å². The minimum atomic E-state index is -0.654. The minimum Gasteiger partial charge on any atom is -0.488 e. The van der Waals surface area contributed by atoms with Crippen LogP contribution in [0.4, 0.5) is 0 Å². The summed E-state index contributed by atoms with van der Waals surface area (Å²) in [5.74, 6) is -0.214. The second-order valence-corrected chi connectivity index (χ2v) is 10.2. The smallest absolute Gasteiger partial charge is 0.255 e. The van der Waals surface area contributed by atoms with Crippen molar-refractivity contribution in [2.75, 3.05) is 33.8 Å². The Bertz CT molecular complexity index is 1170. The molecule has 1 unspecified atom stereocenters. The first-order valence-corrected chi connectivity index (χ1v) is 12.9. The average molecular weight is 507 g/mol. The molecular formula is C28H34N4O5. The Morgan fingerprint density at radius 1 is 1.08 bits per heavy atom. The van der Waals surface area contributed by atoms with Crippen LogP contribution in [0.15, 0.2) is 36.4 Å². The van der Waals surface area contributed by atoms with Crippen molar-refractivity contribution in [3.05, 3.63) is 64.2 Å². The van der Waals surface area contributed by atoms with Crippen molar-refractivity contribution >= 4 is 17.7 Å². The van der Waals surface area contributed by atoms with E-state index in [1.165, 1.54) is 5.56 Å². The lowest BCUT2D eigenvalue weighted by Crippen LogP contribution is -2.52. The highest BCUT2D eigenvalue weighted by Gasteiger charge is 2.40. The molecule has 2 atom stereocenters. The number of fused-ring (bicyclic) bond motifs is 1. The molecule has 2 aromatic rings. The van der Waals surface area contributed by atoms with Gasteiger partial charge in [-0.2, -0.15) is 0 Å². The Hall–Kier alpha value is -3.27. The maximum absolute atomic E-state index is 13.3. The molecule has 0 saturated carbocycles. The van der Waals surface area contributed by atoms with Crippen LogP contribution >= 0.6 is 0 Å². The Morgan fingerprint density at radius 2 is 1.86 bits per heavy atom. The molecule has 0 spiro atoms. The lowest BCUT2D eigenvalue weighted by atomic mass is 10.0. The van der Waals surface area contributed by atoms with E-state index in [9.17, 15) is 14.4 Å². The fourth-order valence-corrected chi connectivity index (χ4v) is 5.25. The third-order valence-electron chi connectivity index (χ3n) is 7.11. The molecule has 9 heteroatoms. The van der Waals surface area contributed by atoms with Gasteiger partial charge in [-0.3, -0.25) is 19.7 Å². The topological polar surface area (TPSA) is 100 Å². The van der Waals surface area contributed by atoms with Crippen molar-refractivity contribution in [2.45, 2.75) is 51.1 Å². The molecule has 2 N–H and O–H groups in total. The van der Waals surface area contributed by atoms with Crippen LogP contribution in [0.3, 0.4) is 0 Å². The van der Waals surface area contributed by atoms with E-state index in [-0.39, 0.29) is 30.9 Å². The summed E-state index contributed by atoms with van der Waals surface area (Å²) < 4.78 is 12.2. The van der Waals surface area contributed by atoms with Gasteiger partial charge in [0.15, 0.2) is 0 Å². The van der Waals surface area contributed by atoms with Gasteiger partial charge in [0.05, 0.1) is 19.3 Å². The number of nitrogens with zero attached hydrogens (tertiary/aromatic N) is 2. The highest BCUT2D eigenvalue weighted by molar-refractivity contribution is 6.05. The van der Waals surface area contributed by atoms with E-state index in [0.29, 0.717) is 30.9 Å². The van der Waals surface area contributed by atoms with Crippen LogP contribution in [-0.4, -0.2) is 73.5 Å². The zero-order valence-electron chi connectivity index (χ0n) is 21.4. The monoisotopic (exact) mass is 506 g/mol. The van der Waals surface area contributed by atoms with E-state index in [1.807, 2.05) is 26.2 Å². The molecule has 3 heterocycles. The van der Waals surface area contributed by atoms with Crippen molar-refractivity contribution in [3.63, 3.8) is 0 Å². The number of hydrogen-bond donors (Lipinski definition) is 2. The van der Waals surface area contributed by atoms with Crippen LogP contribution < -0.4 is 15.4 Å². The Kier molecular flexibility index (Phi) is 7.55. The number of imide groups is 1. The van der Waals surface area contributed by atoms with Crippen molar-refractivity contribution in [3.8, 4) is 5.75 Å². The van der Waals surface area contributed by atoms with Gasteiger partial charge in [0.25, 0.3) is 5.91 Å². The van der Waals surface area contributed by atoms with Gasteiger partial charge in [0, 0.05) is 42.7 Å². The third kappa shape index (κ3) is 5.69. The molecule has 3 aliphatic heterocycles. The zero-order valence-corrected chi connectivity index (χ0v) is 21.4. The van der Waals surface area contributed by atoms with Gasteiger partial charge >= 0.3 is 0 Å². The van der Waals surface area contributed by atoms with Crippen molar-refractivity contribution in [1.29, 1.82) is 0 Å². The lowest BCUT2D eigenvalue weighted by molar-refractivity contribution is -0.136. The van der Waals surface area contributed by atoms with Gasteiger partial charge in [0.1, 0.15) is 18.4 Å². The fraction of sp³-hybridized carbons (Fsp3) is 0.464. The fourth-order valence-electron chi connectivity index (χ4n) is 5.25. The van der Waals surface area contributed by atoms with Crippen LogP contribution in [0.2, 0.25) is 0 Å². The largest absolute Gasteiger partial charge is 0.488 e. The summed E-state index contributed by atoms with van der Waals surface area (Å²) in [5, 5.41) is 5.72. The number of amides is 3. The van der Waals surface area contributed by atoms with E-state index in [2.05, 4.69) is 39.8 Å². The summed E-state index contributed by atoms with van der Waals surface area (Å²) >= 11 is 0. The third-order valence-corrected chi connectivity index (χ3v) is 7.11. The summed E-state index contributed by atoms with van der Waals surface area (Å²) in [4.78, 5) is 41.0. The lowest BCUT2D eigenvalue weighted by Gasteiger charge is -2.29. The highest BCUT2D eigenvalue weighted by Crippen LogP contribution is 2.37. The summed E-state index contributed by atoms with van der Waals surface area (Å²) in [7, 11) is 3.98. The summed E-state index contributed by atoms with van der Waals surface area (Å²) in [5.41, 5.74) is 4.59. The Balaban J connectivity index is 1.33. The molecule has 0 radical (unpaired) electrons. The first kappa shape index (κ1) is 25.4. The van der Waals surface area contributed by atoms with Gasteiger partial charge in [-0.05, 0) is 44.1 Å². The highest BCUT2D eigenvalue weighted by atomic mass is 16.5. The number of carbonyl (C=O) groups is 3. The van der Waals surface area contributed by atoms with Crippen LogP contribution in [0.1, 0.15) is 45.5 Å². The Morgan fingerprint density at radius 3 is 2.57 bits per heavy atom. The molecule has 2 saturated heterocycles. The van der Waals surface area contributed by atoms with Gasteiger partial charge in [0.2, 0.25) is 11.8 Å². The molecule has 0 bridgehead atoms. The quantitative estimate of drug-likeness (QED) is 0.525. The van der Waals surface area contributed by atoms with E-state index in [0.717, 1.165) is 42.8 Å². The van der Waals surface area contributed by atoms with Gasteiger partial charge in [-0.15, -0.1) is 0 Å². The number of morpholine rings is 1. The molecule has 3 amide bonds. The maximum atomic E-state index is 13.3. The molecule has 5 rings (SSSR count). The predicted octanol–water partition coefficient (Wildman–Crippen LogP) is 1.62. The number of ether oxygens (including phenoxy) is 2. The average Bonchev–Trinajstić information content (AvgIpc) is 3.20. The second kappa shape index (κ2) is 11.0. The molecule has 0 aliphatic carbocycles. The van der Waals surface area contributed by atoms with Crippen molar-refractivity contribution < 1.29 is 23.9 Å². The van der Waals surface area contributed by atoms with Gasteiger partial charge in [-0.1, -0.05) is 30.3 Å². The van der Waals surface area contributed by atoms with Gasteiger partial charge < -0.3 is 24.6 Å². The van der Waals surface area contributed by atoms with E-state index < -0.39 is 11.9 Å². The van der Waals surface area contributed by atoms with Crippen LogP contribution in [-0.2, 0) is 40.4 Å². The van der Waals surface area contributed by atoms with Crippen molar-refractivity contribution in [2.24, 2.45) is 0 Å². The predicted molar refractivity (Wildman–Crippen MR) is 137 cm³/mol. The molecule has 9 nitrogen and oxygen atoms in total. The summed E-state index contributed by atoms with van der Waals surface area (Å²) in [6.45, 7) is 3.83. The van der Waals surface area contributed by atoms with Crippen LogP contribution in [0.25, 0.3) is 0 Å². The molecule has 196 valence electrons. The molecule has 2 aromatic carbocycles. The Labute approximate surface area is 217 Å². The van der Waals surface area contributed by atoms with E-state index >= 15 is 0 Å². The summed E-state index contributed by atoms with van der Waals surface area (Å²) in [6.07, 6.45) is 1.62. The number of rotatable bonds is 8. The van der Waals surface area contributed by atoms with E-state index in [4.69, 9.17) is 9.47 Å². The van der Waals surface area contributed by atoms with Crippen LogP contribution in [0.5, 0.6) is 5.75 Å². The second-order valence-electron chi connectivity index (χ2n) is 10.2.